The molecular weight excluding hydrogens is 150 g/mol. The second kappa shape index (κ2) is 5.81. The Morgan fingerprint density at radius 3 is 2.50 bits per heavy atom. The molecule has 12 heavy (non-hydrogen) atoms. The molecule has 0 unspecified atom stereocenters. The van der Waals surface area contributed by atoms with Crippen molar-refractivity contribution in [1.29, 1.82) is 0 Å². The first-order valence-electron chi connectivity index (χ1n) is 4.53. The van der Waals surface area contributed by atoms with Crippen molar-refractivity contribution in [3.8, 4) is 0 Å². The molecule has 2 nitrogen and oxygen atoms in total. The van der Waals surface area contributed by atoms with Crippen LogP contribution < -0.4 is 0 Å². The predicted molar refractivity (Wildman–Crippen MR) is 51.9 cm³/mol. The summed E-state index contributed by atoms with van der Waals surface area (Å²) in [5, 5.41) is 0. The molecule has 2 heteroatoms. The minimum Gasteiger partial charge on any atom is -0.339 e. The third-order valence-electron chi connectivity index (χ3n) is 1.57. The molecule has 0 aliphatic carbocycles. The molecule has 0 fully saturated rings. The van der Waals surface area contributed by atoms with Crippen LogP contribution in [-0.2, 0) is 4.79 Å². The largest absolute Gasteiger partial charge is 0.339 e. The molecule has 0 aliphatic rings. The third-order valence-corrected chi connectivity index (χ3v) is 1.57. The summed E-state index contributed by atoms with van der Waals surface area (Å²) in [6.07, 6.45) is 2.39. The summed E-state index contributed by atoms with van der Waals surface area (Å²) in [6, 6.07) is 0. The Labute approximate surface area is 75.3 Å². The van der Waals surface area contributed by atoms with Gasteiger partial charge in [0, 0.05) is 13.1 Å². The van der Waals surface area contributed by atoms with E-state index in [0.29, 0.717) is 5.92 Å². The molecule has 0 aromatic carbocycles. The fourth-order valence-corrected chi connectivity index (χ4v) is 1.13. The van der Waals surface area contributed by atoms with Gasteiger partial charge in [0.1, 0.15) is 0 Å². The molecule has 0 aromatic heterocycles. The van der Waals surface area contributed by atoms with Crippen LogP contribution >= 0.6 is 0 Å². The van der Waals surface area contributed by atoms with Crippen molar-refractivity contribution < 1.29 is 4.79 Å². The van der Waals surface area contributed by atoms with Crippen molar-refractivity contribution >= 4 is 5.91 Å². The van der Waals surface area contributed by atoms with Gasteiger partial charge in [0.05, 0.1) is 0 Å². The van der Waals surface area contributed by atoms with E-state index in [2.05, 4.69) is 27.4 Å². The maximum Gasteiger partial charge on any atom is 0.245 e. The highest BCUT2D eigenvalue weighted by Crippen LogP contribution is 2.00. The molecule has 0 heterocycles. The lowest BCUT2D eigenvalue weighted by atomic mass is 10.2. The third kappa shape index (κ3) is 4.16. The van der Waals surface area contributed by atoms with Crippen LogP contribution in [-0.4, -0.2) is 23.9 Å². The Hall–Kier alpha value is -0.790. The SMILES string of the molecule is C=CC(=O)N(CCC)CC(C)C. The van der Waals surface area contributed by atoms with Gasteiger partial charge in [0.2, 0.25) is 5.91 Å². The van der Waals surface area contributed by atoms with Crippen molar-refractivity contribution in [1.82, 2.24) is 4.90 Å². The Bertz CT molecular complexity index is 152. The van der Waals surface area contributed by atoms with Gasteiger partial charge in [-0.3, -0.25) is 4.79 Å². The second-order valence-corrected chi connectivity index (χ2v) is 3.38. The van der Waals surface area contributed by atoms with E-state index in [-0.39, 0.29) is 5.91 Å². The first kappa shape index (κ1) is 11.2. The van der Waals surface area contributed by atoms with E-state index < -0.39 is 0 Å². The fraction of sp³-hybridized carbons (Fsp3) is 0.700. The summed E-state index contributed by atoms with van der Waals surface area (Å²) in [6.45, 7) is 11.4. The van der Waals surface area contributed by atoms with Gasteiger partial charge < -0.3 is 4.90 Å². The van der Waals surface area contributed by atoms with Crippen molar-refractivity contribution in [2.24, 2.45) is 5.92 Å². The molecule has 0 N–H and O–H groups in total. The summed E-state index contributed by atoms with van der Waals surface area (Å²) in [5.74, 6) is 0.575. The molecule has 0 atom stereocenters. The summed E-state index contributed by atoms with van der Waals surface area (Å²) in [4.78, 5) is 13.1. The van der Waals surface area contributed by atoms with E-state index in [9.17, 15) is 4.79 Å². The van der Waals surface area contributed by atoms with E-state index in [1.807, 2.05) is 4.90 Å². The van der Waals surface area contributed by atoms with E-state index in [1.54, 1.807) is 0 Å². The standard InChI is InChI=1S/C10H19NO/c1-5-7-11(8-9(3)4)10(12)6-2/h6,9H,2,5,7-8H2,1,3-4H3. The van der Waals surface area contributed by atoms with E-state index in [4.69, 9.17) is 0 Å². The number of hydrogen-bond acceptors (Lipinski definition) is 1. The zero-order valence-corrected chi connectivity index (χ0v) is 8.34. The normalized spacial score (nSPS) is 10.0. The van der Waals surface area contributed by atoms with Crippen molar-refractivity contribution in [3.05, 3.63) is 12.7 Å². The van der Waals surface area contributed by atoms with Crippen LogP contribution in [0.3, 0.4) is 0 Å². The zero-order chi connectivity index (χ0) is 9.56. The Morgan fingerprint density at radius 1 is 1.58 bits per heavy atom. The minimum atomic E-state index is 0.0468. The van der Waals surface area contributed by atoms with Gasteiger partial charge in [-0.1, -0.05) is 27.4 Å². The molecule has 0 bridgehead atoms. The van der Waals surface area contributed by atoms with Crippen LogP contribution in [0.5, 0.6) is 0 Å². The maximum atomic E-state index is 11.2. The minimum absolute atomic E-state index is 0.0468. The highest BCUT2D eigenvalue weighted by Gasteiger charge is 2.09. The maximum absolute atomic E-state index is 11.2. The summed E-state index contributed by atoms with van der Waals surface area (Å²) >= 11 is 0. The van der Waals surface area contributed by atoms with Gasteiger partial charge >= 0.3 is 0 Å². The van der Waals surface area contributed by atoms with Gasteiger partial charge in [0.25, 0.3) is 0 Å². The Balaban J connectivity index is 4.02. The zero-order valence-electron chi connectivity index (χ0n) is 8.34. The van der Waals surface area contributed by atoms with Gasteiger partial charge in [-0.15, -0.1) is 0 Å². The van der Waals surface area contributed by atoms with Crippen LogP contribution in [0.25, 0.3) is 0 Å². The van der Waals surface area contributed by atoms with Crippen LogP contribution in [0.4, 0.5) is 0 Å². The lowest BCUT2D eigenvalue weighted by Crippen LogP contribution is -2.33. The lowest BCUT2D eigenvalue weighted by molar-refractivity contribution is -0.126. The van der Waals surface area contributed by atoms with Gasteiger partial charge in [-0.2, -0.15) is 0 Å². The average molecular weight is 169 g/mol. The number of hydrogen-bond donors (Lipinski definition) is 0. The van der Waals surface area contributed by atoms with Crippen LogP contribution in [0.1, 0.15) is 27.2 Å². The molecule has 0 saturated heterocycles. The Kier molecular flexibility index (Phi) is 5.43. The number of rotatable bonds is 5. The van der Waals surface area contributed by atoms with E-state index in [0.717, 1.165) is 19.5 Å². The van der Waals surface area contributed by atoms with Gasteiger partial charge in [-0.25, -0.2) is 0 Å². The second-order valence-electron chi connectivity index (χ2n) is 3.38. The molecular formula is C10H19NO. The molecule has 1 amide bonds. The van der Waals surface area contributed by atoms with E-state index in [1.165, 1.54) is 6.08 Å². The van der Waals surface area contributed by atoms with Crippen LogP contribution in [0.15, 0.2) is 12.7 Å². The fourth-order valence-electron chi connectivity index (χ4n) is 1.13. The number of amides is 1. The summed E-state index contributed by atoms with van der Waals surface area (Å²) in [5.41, 5.74) is 0. The molecule has 0 spiro atoms. The smallest absolute Gasteiger partial charge is 0.245 e. The monoisotopic (exact) mass is 169 g/mol. The first-order valence-corrected chi connectivity index (χ1v) is 4.53. The van der Waals surface area contributed by atoms with Crippen molar-refractivity contribution in [2.45, 2.75) is 27.2 Å². The van der Waals surface area contributed by atoms with Crippen LogP contribution in [0, 0.1) is 5.92 Å². The van der Waals surface area contributed by atoms with Crippen molar-refractivity contribution in [2.75, 3.05) is 13.1 Å². The highest BCUT2D eigenvalue weighted by atomic mass is 16.2. The predicted octanol–water partition coefficient (Wildman–Crippen LogP) is 2.07. The molecule has 70 valence electrons. The summed E-state index contributed by atoms with van der Waals surface area (Å²) < 4.78 is 0. The van der Waals surface area contributed by atoms with Gasteiger partial charge in [-0.05, 0) is 18.4 Å². The number of carbonyl (C=O) groups excluding carboxylic acids is 1. The number of nitrogens with zero attached hydrogens (tertiary/aromatic N) is 1. The molecule has 0 aliphatic heterocycles. The number of carbonyl (C=O) groups is 1. The topological polar surface area (TPSA) is 20.3 Å². The van der Waals surface area contributed by atoms with E-state index >= 15 is 0 Å². The lowest BCUT2D eigenvalue weighted by Gasteiger charge is -2.22. The molecule has 0 aromatic rings. The van der Waals surface area contributed by atoms with Crippen molar-refractivity contribution in [3.63, 3.8) is 0 Å². The molecule has 0 rings (SSSR count). The highest BCUT2D eigenvalue weighted by molar-refractivity contribution is 5.86. The van der Waals surface area contributed by atoms with Crippen LogP contribution in [0.2, 0.25) is 0 Å². The Morgan fingerprint density at radius 2 is 2.17 bits per heavy atom. The molecule has 0 radical (unpaired) electrons. The first-order chi connectivity index (χ1) is 5.61. The summed E-state index contributed by atoms with van der Waals surface area (Å²) in [7, 11) is 0. The average Bonchev–Trinajstić information content (AvgIpc) is 2.01. The molecule has 0 saturated carbocycles. The quantitative estimate of drug-likeness (QED) is 0.577. The van der Waals surface area contributed by atoms with Gasteiger partial charge in [0.15, 0.2) is 0 Å².